The highest BCUT2D eigenvalue weighted by Gasteiger charge is 2.06. The number of thiazole rings is 1. The summed E-state index contributed by atoms with van der Waals surface area (Å²) >= 11 is 1.69. The van der Waals surface area contributed by atoms with Crippen molar-refractivity contribution < 1.29 is 4.74 Å². The van der Waals surface area contributed by atoms with E-state index in [0.29, 0.717) is 12.5 Å². The first-order chi connectivity index (χ1) is 8.69. The van der Waals surface area contributed by atoms with Gasteiger partial charge >= 0.3 is 0 Å². The molecule has 0 unspecified atom stereocenters. The van der Waals surface area contributed by atoms with Crippen molar-refractivity contribution in [2.75, 3.05) is 0 Å². The van der Waals surface area contributed by atoms with Gasteiger partial charge in [-0.3, -0.25) is 4.68 Å². The van der Waals surface area contributed by atoms with E-state index in [2.05, 4.69) is 36.2 Å². The normalized spacial score (nSPS) is 11.1. The van der Waals surface area contributed by atoms with Crippen molar-refractivity contribution >= 4 is 11.3 Å². The van der Waals surface area contributed by atoms with Crippen molar-refractivity contribution in [1.29, 1.82) is 0 Å². The summed E-state index contributed by atoms with van der Waals surface area (Å²) in [5.74, 6) is 1.29. The second-order valence-corrected chi connectivity index (χ2v) is 5.45. The van der Waals surface area contributed by atoms with Crippen molar-refractivity contribution in [3.05, 3.63) is 28.5 Å². The molecule has 18 heavy (non-hydrogen) atoms. The summed E-state index contributed by atoms with van der Waals surface area (Å²) < 4.78 is 7.57. The number of aromatic nitrogens is 3. The van der Waals surface area contributed by atoms with Crippen LogP contribution in [0.15, 0.2) is 17.8 Å². The monoisotopic (exact) mass is 265 g/mol. The molecule has 0 spiro atoms. The maximum Gasteiger partial charge on any atom is 0.157 e. The number of aryl methyl sites for hydroxylation is 1. The molecule has 0 amide bonds. The van der Waals surface area contributed by atoms with Crippen LogP contribution in [0.2, 0.25) is 0 Å². The molecule has 0 saturated heterocycles. The topological polar surface area (TPSA) is 39.9 Å². The highest BCUT2D eigenvalue weighted by atomic mass is 32.1. The molecule has 0 atom stereocenters. The molecular formula is C13H19N3OS. The summed E-state index contributed by atoms with van der Waals surface area (Å²) in [6.07, 6.45) is 4.76. The van der Waals surface area contributed by atoms with Crippen LogP contribution in [0.5, 0.6) is 5.75 Å². The van der Waals surface area contributed by atoms with E-state index < -0.39 is 0 Å². The first-order valence-electron chi connectivity index (χ1n) is 6.28. The number of rotatable bonds is 6. The third kappa shape index (κ3) is 3.32. The molecule has 0 bridgehead atoms. The average molecular weight is 265 g/mol. The Bertz CT molecular complexity index is 490. The molecular weight excluding hydrogens is 246 g/mol. The van der Waals surface area contributed by atoms with Crippen LogP contribution < -0.4 is 4.74 Å². The minimum absolute atomic E-state index is 0.482. The Labute approximate surface area is 112 Å². The molecule has 0 aliphatic rings. The standard InChI is InChI=1S/C13H19N3OS/c1-4-5-16-7-12(6-14-16)17-8-11-9-18-13(15-11)10(2)3/h6-7,9-10H,4-5,8H2,1-3H3. The van der Waals surface area contributed by atoms with Crippen molar-refractivity contribution in [1.82, 2.24) is 14.8 Å². The van der Waals surface area contributed by atoms with Gasteiger partial charge in [0.2, 0.25) is 0 Å². The van der Waals surface area contributed by atoms with Gasteiger partial charge in [0, 0.05) is 17.8 Å². The third-order valence-corrected chi connectivity index (χ3v) is 3.71. The first kappa shape index (κ1) is 13.1. The lowest BCUT2D eigenvalue weighted by atomic mass is 10.2. The summed E-state index contributed by atoms with van der Waals surface area (Å²) in [4.78, 5) is 4.53. The van der Waals surface area contributed by atoms with Crippen molar-refractivity contribution in [3.63, 3.8) is 0 Å². The van der Waals surface area contributed by atoms with Gasteiger partial charge in [-0.25, -0.2) is 4.98 Å². The maximum atomic E-state index is 5.67. The van der Waals surface area contributed by atoms with E-state index in [9.17, 15) is 0 Å². The second kappa shape index (κ2) is 6.00. The minimum atomic E-state index is 0.482. The molecule has 0 aliphatic carbocycles. The molecule has 0 saturated carbocycles. The molecule has 0 N–H and O–H groups in total. The Morgan fingerprint density at radius 3 is 2.94 bits per heavy atom. The molecule has 2 heterocycles. The van der Waals surface area contributed by atoms with E-state index in [-0.39, 0.29) is 0 Å². The van der Waals surface area contributed by atoms with Gasteiger partial charge in [-0.15, -0.1) is 11.3 Å². The van der Waals surface area contributed by atoms with E-state index in [0.717, 1.165) is 29.4 Å². The van der Waals surface area contributed by atoms with E-state index in [1.165, 1.54) is 0 Å². The lowest BCUT2D eigenvalue weighted by Gasteiger charge is -2.00. The van der Waals surface area contributed by atoms with Gasteiger partial charge in [-0.05, 0) is 6.42 Å². The van der Waals surface area contributed by atoms with Crippen molar-refractivity contribution in [2.24, 2.45) is 0 Å². The molecule has 5 heteroatoms. The SMILES string of the molecule is CCCn1cc(OCc2csc(C(C)C)n2)cn1. The fourth-order valence-corrected chi connectivity index (χ4v) is 2.40. The first-order valence-corrected chi connectivity index (χ1v) is 7.16. The molecule has 0 aliphatic heterocycles. The number of hydrogen-bond acceptors (Lipinski definition) is 4. The Morgan fingerprint density at radius 2 is 2.28 bits per heavy atom. The van der Waals surface area contributed by atoms with E-state index in [4.69, 9.17) is 4.74 Å². The van der Waals surface area contributed by atoms with E-state index >= 15 is 0 Å². The van der Waals surface area contributed by atoms with Gasteiger partial charge in [0.15, 0.2) is 5.75 Å². The number of nitrogens with zero attached hydrogens (tertiary/aromatic N) is 3. The molecule has 4 nitrogen and oxygen atoms in total. The van der Waals surface area contributed by atoms with E-state index in [1.807, 2.05) is 10.9 Å². The predicted molar refractivity (Wildman–Crippen MR) is 73.1 cm³/mol. The van der Waals surface area contributed by atoms with Gasteiger partial charge in [0.05, 0.1) is 23.1 Å². The predicted octanol–water partition coefficient (Wildman–Crippen LogP) is 3.45. The van der Waals surface area contributed by atoms with Gasteiger partial charge in [-0.2, -0.15) is 5.10 Å². The summed E-state index contributed by atoms with van der Waals surface area (Å²) in [5, 5.41) is 7.45. The summed E-state index contributed by atoms with van der Waals surface area (Å²) in [6.45, 7) is 7.88. The quantitative estimate of drug-likeness (QED) is 0.803. The Kier molecular flexibility index (Phi) is 4.36. The minimum Gasteiger partial charge on any atom is -0.484 e. The smallest absolute Gasteiger partial charge is 0.157 e. The van der Waals surface area contributed by atoms with Crippen molar-refractivity contribution in [2.45, 2.75) is 46.3 Å². The molecule has 2 rings (SSSR count). The van der Waals surface area contributed by atoms with Gasteiger partial charge in [-0.1, -0.05) is 20.8 Å². The number of hydrogen-bond donors (Lipinski definition) is 0. The molecule has 0 aromatic carbocycles. The van der Waals surface area contributed by atoms with Crippen LogP contribution in [-0.2, 0) is 13.2 Å². The molecule has 2 aromatic heterocycles. The molecule has 2 aromatic rings. The lowest BCUT2D eigenvalue weighted by Crippen LogP contribution is -1.97. The second-order valence-electron chi connectivity index (χ2n) is 4.56. The van der Waals surface area contributed by atoms with Crippen LogP contribution in [0.1, 0.15) is 43.8 Å². The van der Waals surface area contributed by atoms with Crippen LogP contribution in [0.4, 0.5) is 0 Å². The Hall–Kier alpha value is -1.36. The Morgan fingerprint density at radius 1 is 1.44 bits per heavy atom. The van der Waals surface area contributed by atoms with Crippen molar-refractivity contribution in [3.8, 4) is 5.75 Å². The third-order valence-electron chi connectivity index (χ3n) is 2.51. The maximum absolute atomic E-state index is 5.67. The van der Waals surface area contributed by atoms with Crippen LogP contribution in [-0.4, -0.2) is 14.8 Å². The largest absolute Gasteiger partial charge is 0.484 e. The van der Waals surface area contributed by atoms with Crippen LogP contribution >= 0.6 is 11.3 Å². The highest BCUT2D eigenvalue weighted by Crippen LogP contribution is 2.20. The Balaban J connectivity index is 1.89. The molecule has 0 fully saturated rings. The van der Waals surface area contributed by atoms with Crippen LogP contribution in [0.3, 0.4) is 0 Å². The zero-order chi connectivity index (χ0) is 13.0. The highest BCUT2D eigenvalue weighted by molar-refractivity contribution is 7.09. The van der Waals surface area contributed by atoms with Crippen LogP contribution in [0, 0.1) is 0 Å². The lowest BCUT2D eigenvalue weighted by molar-refractivity contribution is 0.301. The van der Waals surface area contributed by atoms with Crippen LogP contribution in [0.25, 0.3) is 0 Å². The van der Waals surface area contributed by atoms with Gasteiger partial charge in [0.25, 0.3) is 0 Å². The zero-order valence-electron chi connectivity index (χ0n) is 11.1. The molecule has 0 radical (unpaired) electrons. The van der Waals surface area contributed by atoms with E-state index in [1.54, 1.807) is 17.5 Å². The summed E-state index contributed by atoms with van der Waals surface area (Å²) in [5.41, 5.74) is 0.993. The number of ether oxygens (including phenoxy) is 1. The van der Waals surface area contributed by atoms with Gasteiger partial charge < -0.3 is 4.74 Å². The molecule has 98 valence electrons. The average Bonchev–Trinajstić information content (AvgIpc) is 2.95. The fraction of sp³-hybridized carbons (Fsp3) is 0.538. The fourth-order valence-electron chi connectivity index (χ4n) is 1.58. The zero-order valence-corrected chi connectivity index (χ0v) is 11.9. The van der Waals surface area contributed by atoms with Gasteiger partial charge in [0.1, 0.15) is 6.61 Å². The summed E-state index contributed by atoms with van der Waals surface area (Å²) in [7, 11) is 0. The summed E-state index contributed by atoms with van der Waals surface area (Å²) in [6, 6.07) is 0.